The van der Waals surface area contributed by atoms with Crippen LogP contribution < -0.4 is 24.8 Å². The number of methoxy groups -OCH3 is 2. The molecule has 0 aromatic heterocycles. The summed E-state index contributed by atoms with van der Waals surface area (Å²) in [5.74, 6) is 1.87. The highest BCUT2D eigenvalue weighted by Crippen LogP contribution is 2.38. The Balaban J connectivity index is 1.63. The number of rotatable bonds is 13. The Bertz CT molecular complexity index is 1370. The molecular weight excluding hydrogens is 586 g/mol. The number of benzene rings is 2. The van der Waals surface area contributed by atoms with Crippen molar-refractivity contribution >= 4 is 17.9 Å². The SMILES string of the molecule is COc1c(C)c(C)c(OC)c(CCCOc2ccc(CC(NC(=O)[C@@H]3CCCN3C(=O)OC(C)(C)C)C(=O)NC(C)C)cc2)c1C. The minimum absolute atomic E-state index is 0.0962. The van der Waals surface area contributed by atoms with Gasteiger partial charge >= 0.3 is 6.09 Å². The Morgan fingerprint density at radius 3 is 2.15 bits per heavy atom. The predicted molar refractivity (Wildman–Crippen MR) is 179 cm³/mol. The summed E-state index contributed by atoms with van der Waals surface area (Å²) in [5, 5.41) is 5.82. The molecule has 0 radical (unpaired) electrons. The molecule has 0 bridgehead atoms. The quantitative estimate of drug-likeness (QED) is 0.275. The minimum atomic E-state index is -0.809. The highest BCUT2D eigenvalue weighted by molar-refractivity contribution is 5.91. The van der Waals surface area contributed by atoms with Crippen LogP contribution in [-0.4, -0.2) is 73.9 Å². The van der Waals surface area contributed by atoms with Crippen LogP contribution in [0.1, 0.15) is 81.7 Å². The first-order valence-corrected chi connectivity index (χ1v) is 16.2. The Hall–Kier alpha value is -3.95. The van der Waals surface area contributed by atoms with Gasteiger partial charge in [0.05, 0.1) is 20.8 Å². The molecule has 1 aliphatic rings. The summed E-state index contributed by atoms with van der Waals surface area (Å²) >= 11 is 0. The summed E-state index contributed by atoms with van der Waals surface area (Å²) in [6.07, 6.45) is 2.54. The molecular formula is C36H53N3O7. The van der Waals surface area contributed by atoms with Crippen LogP contribution in [0.3, 0.4) is 0 Å². The van der Waals surface area contributed by atoms with Gasteiger partial charge in [0.1, 0.15) is 34.9 Å². The van der Waals surface area contributed by atoms with Gasteiger partial charge < -0.3 is 29.6 Å². The van der Waals surface area contributed by atoms with Gasteiger partial charge in [-0.1, -0.05) is 12.1 Å². The maximum Gasteiger partial charge on any atom is 0.410 e. The van der Waals surface area contributed by atoms with Crippen molar-refractivity contribution in [2.24, 2.45) is 0 Å². The highest BCUT2D eigenvalue weighted by atomic mass is 16.6. The lowest BCUT2D eigenvalue weighted by Crippen LogP contribution is -2.55. The van der Waals surface area contributed by atoms with Crippen LogP contribution in [0.25, 0.3) is 0 Å². The van der Waals surface area contributed by atoms with Gasteiger partial charge in [-0.15, -0.1) is 0 Å². The first kappa shape index (κ1) is 36.5. The molecule has 1 saturated heterocycles. The van der Waals surface area contributed by atoms with E-state index in [0.717, 1.165) is 57.9 Å². The number of nitrogens with one attached hydrogen (secondary N) is 2. The smallest absolute Gasteiger partial charge is 0.410 e. The van der Waals surface area contributed by atoms with E-state index in [-0.39, 0.29) is 24.3 Å². The molecule has 2 N–H and O–H groups in total. The molecule has 3 amide bonds. The van der Waals surface area contributed by atoms with Gasteiger partial charge in [-0.3, -0.25) is 14.5 Å². The molecule has 0 aliphatic carbocycles. The van der Waals surface area contributed by atoms with Crippen LogP contribution in [0.5, 0.6) is 17.2 Å². The normalized spacial score (nSPS) is 15.4. The van der Waals surface area contributed by atoms with Crippen LogP contribution >= 0.6 is 0 Å². The second-order valence-electron chi connectivity index (χ2n) is 13.3. The summed E-state index contributed by atoms with van der Waals surface area (Å²) in [7, 11) is 3.39. The van der Waals surface area contributed by atoms with Crippen molar-refractivity contribution in [3.8, 4) is 17.2 Å². The standard InChI is InChI=1S/C36H53N3O7/c1-22(2)37-33(40)29(38-34(41)30-14-11-19-39(30)35(42)46-36(6,7)8)21-26-15-17-27(18-16-26)45-20-12-13-28-25(5)31(43-9)23(3)24(4)32(28)44-10/h15-18,22,29-30H,11-14,19-21H2,1-10H3,(H,37,40)(H,38,41)/t29?,30-/m0/s1. The zero-order valence-corrected chi connectivity index (χ0v) is 29.3. The summed E-state index contributed by atoms with van der Waals surface area (Å²) in [4.78, 5) is 40.7. The van der Waals surface area contributed by atoms with E-state index in [9.17, 15) is 14.4 Å². The van der Waals surface area contributed by atoms with Crippen LogP contribution in [0.4, 0.5) is 4.79 Å². The average molecular weight is 640 g/mol. The second kappa shape index (κ2) is 16.1. The fraction of sp³-hybridized carbons (Fsp3) is 0.583. The maximum absolute atomic E-state index is 13.4. The topological polar surface area (TPSA) is 115 Å². The van der Waals surface area contributed by atoms with Crippen molar-refractivity contribution in [3.63, 3.8) is 0 Å². The fourth-order valence-electron chi connectivity index (χ4n) is 5.88. The third-order valence-electron chi connectivity index (χ3n) is 8.17. The van der Waals surface area contributed by atoms with Crippen molar-refractivity contribution < 1.29 is 33.3 Å². The largest absolute Gasteiger partial charge is 0.496 e. The molecule has 46 heavy (non-hydrogen) atoms. The lowest BCUT2D eigenvalue weighted by molar-refractivity contribution is -0.131. The number of carbonyl (C=O) groups excluding carboxylic acids is 3. The summed E-state index contributed by atoms with van der Waals surface area (Å²) < 4.78 is 23.0. The minimum Gasteiger partial charge on any atom is -0.496 e. The third kappa shape index (κ3) is 9.53. The third-order valence-corrected chi connectivity index (χ3v) is 8.17. The summed E-state index contributed by atoms with van der Waals surface area (Å²) in [6.45, 7) is 16.2. The Labute approximate surface area is 274 Å². The van der Waals surface area contributed by atoms with Gasteiger partial charge in [0.2, 0.25) is 11.8 Å². The average Bonchev–Trinajstić information content (AvgIpc) is 3.48. The molecule has 1 heterocycles. The van der Waals surface area contributed by atoms with Crippen molar-refractivity contribution in [2.75, 3.05) is 27.4 Å². The van der Waals surface area contributed by atoms with Gasteiger partial charge in [-0.2, -0.15) is 0 Å². The van der Waals surface area contributed by atoms with Crippen molar-refractivity contribution in [2.45, 2.75) is 111 Å². The van der Waals surface area contributed by atoms with E-state index in [1.165, 1.54) is 4.90 Å². The lowest BCUT2D eigenvalue weighted by atomic mass is 9.94. The Morgan fingerprint density at radius 1 is 0.935 bits per heavy atom. The molecule has 0 saturated carbocycles. The number of hydrogen-bond donors (Lipinski definition) is 2. The van der Waals surface area contributed by atoms with E-state index >= 15 is 0 Å². The van der Waals surface area contributed by atoms with Gasteiger partial charge in [0.15, 0.2) is 0 Å². The maximum atomic E-state index is 13.4. The van der Waals surface area contributed by atoms with Crippen LogP contribution in [0, 0.1) is 20.8 Å². The van der Waals surface area contributed by atoms with E-state index in [4.69, 9.17) is 18.9 Å². The number of ether oxygens (including phenoxy) is 4. The number of hydrogen-bond acceptors (Lipinski definition) is 7. The van der Waals surface area contributed by atoms with E-state index in [2.05, 4.69) is 17.6 Å². The molecule has 1 fully saturated rings. The predicted octanol–water partition coefficient (Wildman–Crippen LogP) is 5.59. The van der Waals surface area contributed by atoms with Crippen LogP contribution in [-0.2, 0) is 27.2 Å². The summed E-state index contributed by atoms with van der Waals surface area (Å²) in [6, 6.07) is 5.97. The van der Waals surface area contributed by atoms with E-state index in [0.29, 0.717) is 26.0 Å². The molecule has 10 heteroatoms. The number of likely N-dealkylation sites (tertiary alicyclic amines) is 1. The zero-order chi connectivity index (χ0) is 34.2. The van der Waals surface area contributed by atoms with Gasteiger partial charge in [-0.25, -0.2) is 4.79 Å². The number of amides is 3. The molecule has 2 atom stereocenters. The number of nitrogens with zero attached hydrogens (tertiary/aromatic N) is 1. The Morgan fingerprint density at radius 2 is 1.57 bits per heavy atom. The monoisotopic (exact) mass is 639 g/mol. The van der Waals surface area contributed by atoms with E-state index < -0.39 is 23.8 Å². The van der Waals surface area contributed by atoms with Gasteiger partial charge in [0.25, 0.3) is 0 Å². The molecule has 1 unspecified atom stereocenters. The van der Waals surface area contributed by atoms with Gasteiger partial charge in [-0.05, 0) is 115 Å². The molecule has 1 aliphatic heterocycles. The number of carbonyl (C=O) groups is 3. The fourth-order valence-corrected chi connectivity index (χ4v) is 5.88. The van der Waals surface area contributed by atoms with Crippen molar-refractivity contribution in [3.05, 3.63) is 52.1 Å². The van der Waals surface area contributed by atoms with Gasteiger partial charge in [0, 0.05) is 24.6 Å². The molecule has 254 valence electrons. The lowest BCUT2D eigenvalue weighted by Gasteiger charge is -2.29. The Kier molecular flexibility index (Phi) is 12.7. The molecule has 0 spiro atoms. The molecule has 2 aromatic rings. The van der Waals surface area contributed by atoms with Crippen molar-refractivity contribution in [1.29, 1.82) is 0 Å². The second-order valence-corrected chi connectivity index (χ2v) is 13.3. The van der Waals surface area contributed by atoms with E-state index in [1.807, 2.05) is 52.0 Å². The first-order chi connectivity index (χ1) is 21.7. The molecule has 10 nitrogen and oxygen atoms in total. The first-order valence-electron chi connectivity index (χ1n) is 16.2. The highest BCUT2D eigenvalue weighted by Gasteiger charge is 2.38. The molecule has 3 rings (SSSR count). The van der Waals surface area contributed by atoms with Crippen LogP contribution in [0.15, 0.2) is 24.3 Å². The van der Waals surface area contributed by atoms with Crippen molar-refractivity contribution in [1.82, 2.24) is 15.5 Å². The van der Waals surface area contributed by atoms with Crippen LogP contribution in [0.2, 0.25) is 0 Å². The van der Waals surface area contributed by atoms with E-state index in [1.54, 1.807) is 35.0 Å². The molecule has 2 aromatic carbocycles. The summed E-state index contributed by atoms with van der Waals surface area (Å²) in [5.41, 5.74) is 4.58. The zero-order valence-electron chi connectivity index (χ0n) is 29.3.